The van der Waals surface area contributed by atoms with Gasteiger partial charge < -0.3 is 5.73 Å². The van der Waals surface area contributed by atoms with Crippen molar-refractivity contribution in [2.45, 2.75) is 25.6 Å². The molecular weight excluding hydrogens is 293 g/mol. The van der Waals surface area contributed by atoms with Crippen molar-refractivity contribution >= 4 is 11.6 Å². The van der Waals surface area contributed by atoms with E-state index in [0.717, 1.165) is 12.1 Å². The third-order valence-electron chi connectivity index (χ3n) is 2.68. The lowest BCUT2D eigenvalue weighted by Crippen LogP contribution is -2.29. The van der Waals surface area contributed by atoms with Crippen LogP contribution in [-0.4, -0.2) is 15.0 Å². The quantitative estimate of drug-likeness (QED) is 0.927. The van der Waals surface area contributed by atoms with Crippen molar-refractivity contribution in [2.75, 3.05) is 0 Å². The predicted octanol–water partition coefficient (Wildman–Crippen LogP) is 3.13. The molecule has 0 amide bonds. The first-order valence-electron chi connectivity index (χ1n) is 5.68. The Bertz CT molecular complexity index is 628. The molecule has 1 aromatic carbocycles. The Kier molecular flexibility index (Phi) is 3.51. The van der Waals surface area contributed by atoms with E-state index in [-0.39, 0.29) is 5.02 Å². The van der Waals surface area contributed by atoms with Crippen LogP contribution in [-0.2, 0) is 11.7 Å². The van der Waals surface area contributed by atoms with Crippen molar-refractivity contribution in [2.24, 2.45) is 5.73 Å². The van der Waals surface area contributed by atoms with E-state index >= 15 is 0 Å². The summed E-state index contributed by atoms with van der Waals surface area (Å²) in [6.07, 6.45) is -2.90. The molecule has 2 N–H and O–H groups in total. The number of rotatable bonds is 2. The molecule has 0 radical (unpaired) electrons. The molecule has 2 aromatic rings. The van der Waals surface area contributed by atoms with Crippen molar-refractivity contribution in [3.63, 3.8) is 0 Å². The fraction of sp³-hybridized carbons (Fsp3) is 0.333. The van der Waals surface area contributed by atoms with Gasteiger partial charge in [-0.25, -0.2) is 4.68 Å². The summed E-state index contributed by atoms with van der Waals surface area (Å²) in [5.74, 6) is 0. The fourth-order valence-electron chi connectivity index (χ4n) is 1.55. The van der Waals surface area contributed by atoms with Gasteiger partial charge in [-0.2, -0.15) is 13.2 Å². The highest BCUT2D eigenvalue weighted by atomic mass is 35.5. The third-order valence-corrected chi connectivity index (χ3v) is 2.98. The number of aromatic nitrogens is 3. The number of nitrogens with zero attached hydrogens (tertiary/aromatic N) is 3. The minimum Gasteiger partial charge on any atom is -0.320 e. The van der Waals surface area contributed by atoms with E-state index in [2.05, 4.69) is 10.3 Å². The van der Waals surface area contributed by atoms with Crippen molar-refractivity contribution in [1.29, 1.82) is 0 Å². The molecule has 0 aliphatic rings. The lowest BCUT2D eigenvalue weighted by atomic mass is 10.0. The SMILES string of the molecule is CC(C)(N)c1cn(-c2ccc(C(F)(F)F)cc2Cl)nn1. The van der Waals surface area contributed by atoms with Crippen LogP contribution in [0.25, 0.3) is 5.69 Å². The number of hydrogen-bond donors (Lipinski definition) is 1. The molecule has 0 saturated heterocycles. The van der Waals surface area contributed by atoms with Crippen molar-refractivity contribution in [3.05, 3.63) is 40.7 Å². The van der Waals surface area contributed by atoms with E-state index in [1.54, 1.807) is 13.8 Å². The first-order chi connectivity index (χ1) is 9.09. The Labute approximate surface area is 118 Å². The second-order valence-corrected chi connectivity index (χ2v) is 5.34. The van der Waals surface area contributed by atoms with Gasteiger partial charge in [0, 0.05) is 0 Å². The minimum absolute atomic E-state index is 0.0638. The molecule has 0 fully saturated rings. The summed E-state index contributed by atoms with van der Waals surface area (Å²) >= 11 is 5.87. The summed E-state index contributed by atoms with van der Waals surface area (Å²) in [5.41, 5.74) is 5.17. The topological polar surface area (TPSA) is 56.7 Å². The first kappa shape index (κ1) is 14.8. The van der Waals surface area contributed by atoms with Crippen LogP contribution in [0.1, 0.15) is 25.1 Å². The molecule has 0 unspecified atom stereocenters. The highest BCUT2D eigenvalue weighted by Crippen LogP contribution is 2.33. The molecule has 0 spiro atoms. The lowest BCUT2D eigenvalue weighted by Gasteiger charge is -2.13. The van der Waals surface area contributed by atoms with Gasteiger partial charge in [0.1, 0.15) is 5.69 Å². The van der Waals surface area contributed by atoms with E-state index < -0.39 is 17.3 Å². The normalized spacial score (nSPS) is 12.8. The Morgan fingerprint density at radius 1 is 1.25 bits per heavy atom. The van der Waals surface area contributed by atoms with E-state index in [4.69, 9.17) is 17.3 Å². The van der Waals surface area contributed by atoms with E-state index in [1.165, 1.54) is 16.9 Å². The van der Waals surface area contributed by atoms with Crippen LogP contribution in [0.3, 0.4) is 0 Å². The second-order valence-electron chi connectivity index (χ2n) is 4.93. The zero-order valence-electron chi connectivity index (χ0n) is 10.7. The van der Waals surface area contributed by atoms with Crippen molar-refractivity contribution in [3.8, 4) is 5.69 Å². The molecule has 20 heavy (non-hydrogen) atoms. The van der Waals surface area contributed by atoms with Gasteiger partial charge in [0.25, 0.3) is 0 Å². The monoisotopic (exact) mass is 304 g/mol. The maximum absolute atomic E-state index is 12.6. The van der Waals surface area contributed by atoms with E-state index in [9.17, 15) is 13.2 Å². The van der Waals surface area contributed by atoms with Crippen LogP contribution in [0.15, 0.2) is 24.4 Å². The van der Waals surface area contributed by atoms with Crippen LogP contribution in [0.2, 0.25) is 5.02 Å². The molecule has 0 atom stereocenters. The van der Waals surface area contributed by atoms with Gasteiger partial charge in [-0.1, -0.05) is 16.8 Å². The first-order valence-corrected chi connectivity index (χ1v) is 6.05. The molecular formula is C12H12ClF3N4. The average molecular weight is 305 g/mol. The molecule has 2 rings (SSSR count). The predicted molar refractivity (Wildman–Crippen MR) is 68.6 cm³/mol. The molecule has 0 aliphatic heterocycles. The average Bonchev–Trinajstić information content (AvgIpc) is 2.76. The van der Waals surface area contributed by atoms with Gasteiger partial charge in [-0.05, 0) is 32.0 Å². The summed E-state index contributed by atoms with van der Waals surface area (Å²) in [5, 5.41) is 7.65. The summed E-state index contributed by atoms with van der Waals surface area (Å²) < 4.78 is 39.0. The molecule has 1 heterocycles. The van der Waals surface area contributed by atoms with Crippen LogP contribution < -0.4 is 5.73 Å². The lowest BCUT2D eigenvalue weighted by molar-refractivity contribution is -0.137. The molecule has 0 aliphatic carbocycles. The maximum atomic E-state index is 12.6. The molecule has 108 valence electrons. The van der Waals surface area contributed by atoms with Crippen LogP contribution in [0.5, 0.6) is 0 Å². The van der Waals surface area contributed by atoms with Crippen LogP contribution >= 0.6 is 11.6 Å². The second kappa shape index (κ2) is 4.75. The highest BCUT2D eigenvalue weighted by molar-refractivity contribution is 6.32. The van der Waals surface area contributed by atoms with Crippen molar-refractivity contribution in [1.82, 2.24) is 15.0 Å². The Balaban J connectivity index is 2.42. The number of alkyl halides is 3. The van der Waals surface area contributed by atoms with Gasteiger partial charge in [0.2, 0.25) is 0 Å². The Hall–Kier alpha value is -1.60. The number of benzene rings is 1. The molecule has 1 aromatic heterocycles. The minimum atomic E-state index is -4.44. The smallest absolute Gasteiger partial charge is 0.320 e. The van der Waals surface area contributed by atoms with E-state index in [1.807, 2.05) is 0 Å². The summed E-state index contributed by atoms with van der Waals surface area (Å²) in [6.45, 7) is 3.49. The van der Waals surface area contributed by atoms with E-state index in [0.29, 0.717) is 11.4 Å². The fourth-order valence-corrected chi connectivity index (χ4v) is 1.81. The zero-order valence-corrected chi connectivity index (χ0v) is 11.5. The van der Waals surface area contributed by atoms with Gasteiger partial charge in [-0.15, -0.1) is 5.10 Å². The Morgan fingerprint density at radius 2 is 1.90 bits per heavy atom. The molecule has 4 nitrogen and oxygen atoms in total. The number of halogens is 4. The Morgan fingerprint density at radius 3 is 2.35 bits per heavy atom. The third kappa shape index (κ3) is 2.94. The summed E-state index contributed by atoms with van der Waals surface area (Å²) in [7, 11) is 0. The van der Waals surface area contributed by atoms with Crippen molar-refractivity contribution < 1.29 is 13.2 Å². The molecule has 0 bridgehead atoms. The largest absolute Gasteiger partial charge is 0.416 e. The highest BCUT2D eigenvalue weighted by Gasteiger charge is 2.31. The maximum Gasteiger partial charge on any atom is 0.416 e. The van der Waals surface area contributed by atoms with Crippen LogP contribution in [0.4, 0.5) is 13.2 Å². The van der Waals surface area contributed by atoms with Gasteiger partial charge in [-0.3, -0.25) is 0 Å². The standard InChI is InChI=1S/C12H12ClF3N4/c1-11(2,17)10-6-20(19-18-10)9-4-3-7(5-8(9)13)12(14,15)16/h3-6H,17H2,1-2H3. The molecule has 0 saturated carbocycles. The van der Waals surface area contributed by atoms with Gasteiger partial charge in [0.05, 0.1) is 28.0 Å². The van der Waals surface area contributed by atoms with Gasteiger partial charge >= 0.3 is 6.18 Å². The zero-order chi connectivity index (χ0) is 15.1. The summed E-state index contributed by atoms with van der Waals surface area (Å²) in [4.78, 5) is 0. The number of hydrogen-bond acceptors (Lipinski definition) is 3. The molecule has 8 heteroatoms. The van der Waals surface area contributed by atoms with Crippen LogP contribution in [0, 0.1) is 0 Å². The summed E-state index contributed by atoms with van der Waals surface area (Å²) in [6, 6.07) is 3.04. The van der Waals surface area contributed by atoms with Gasteiger partial charge in [0.15, 0.2) is 0 Å². The number of nitrogens with two attached hydrogens (primary N) is 1.